The number of nitrogens with zero attached hydrogens (tertiary/aromatic N) is 3. The van der Waals surface area contributed by atoms with Crippen molar-refractivity contribution < 1.29 is 29.0 Å². The molecular weight excluding hydrogens is 572 g/mol. The quantitative estimate of drug-likeness (QED) is 0.293. The van der Waals surface area contributed by atoms with Crippen LogP contribution in [0.25, 0.3) is 0 Å². The SMILES string of the molecule is C1CCC1.C=C(CCCN1CCCN(C)C(C)C(NC(=O)c2ccccc2O)C1=O)OC(C=O)C1COC1.Cc1cccnc1. The van der Waals surface area contributed by atoms with Crippen LogP contribution in [0.2, 0.25) is 0 Å². The highest BCUT2D eigenvalue weighted by Crippen LogP contribution is 2.21. The number of carbonyl (C=O) groups excluding carboxylic acids is 3. The summed E-state index contributed by atoms with van der Waals surface area (Å²) < 4.78 is 10.8. The van der Waals surface area contributed by atoms with Gasteiger partial charge in [0.2, 0.25) is 5.91 Å². The highest BCUT2D eigenvalue weighted by Gasteiger charge is 2.35. The summed E-state index contributed by atoms with van der Waals surface area (Å²) in [7, 11) is 1.94. The highest BCUT2D eigenvalue weighted by atomic mass is 16.5. The molecule has 10 nitrogen and oxygen atoms in total. The van der Waals surface area contributed by atoms with Gasteiger partial charge in [-0.1, -0.05) is 50.5 Å². The van der Waals surface area contributed by atoms with Crippen LogP contribution in [0.4, 0.5) is 0 Å². The Bertz CT molecular complexity index is 1210. The molecule has 1 saturated carbocycles. The standard InChI is InChI=1S/C25H35N3O6.C6H7N.C4H8/c1-17(34-22(14-29)19-15-33-16-19)8-6-12-28-13-7-11-27(3)18(2)23(25(28)32)26-24(31)20-9-4-5-10-21(20)30;1-6-3-2-4-7-5-6;1-2-4-3-1/h4-5,9-10,14,18-19,22-23,30H,1,6-8,11-13,15-16H2,2-3H3,(H,26,31);2-5H,1H3;1-4H2. The third-order valence-electron chi connectivity index (χ3n) is 8.39. The van der Waals surface area contributed by atoms with Crippen LogP contribution in [0.3, 0.4) is 0 Å². The number of aromatic nitrogens is 1. The Balaban J connectivity index is 0.000000418. The summed E-state index contributed by atoms with van der Waals surface area (Å²) >= 11 is 0. The topological polar surface area (TPSA) is 121 Å². The average Bonchev–Trinajstić information content (AvgIpc) is 2.96. The van der Waals surface area contributed by atoms with Gasteiger partial charge in [0.25, 0.3) is 5.91 Å². The zero-order chi connectivity index (χ0) is 32.6. The number of allylic oxidation sites excluding steroid dienone is 1. The molecule has 2 N–H and O–H groups in total. The Morgan fingerprint density at radius 2 is 1.87 bits per heavy atom. The van der Waals surface area contributed by atoms with Crippen LogP contribution in [0.1, 0.15) is 67.8 Å². The molecule has 2 saturated heterocycles. The van der Waals surface area contributed by atoms with Gasteiger partial charge in [-0.15, -0.1) is 0 Å². The maximum absolute atomic E-state index is 13.4. The fraction of sp³-hybridized carbons (Fsp3) is 0.543. The summed E-state index contributed by atoms with van der Waals surface area (Å²) in [6.07, 6.45) is 11.8. The molecule has 1 aliphatic carbocycles. The molecule has 0 bridgehead atoms. The predicted molar refractivity (Wildman–Crippen MR) is 174 cm³/mol. The molecule has 246 valence electrons. The van der Waals surface area contributed by atoms with E-state index in [1.54, 1.807) is 23.2 Å². The van der Waals surface area contributed by atoms with Crippen molar-refractivity contribution in [3.63, 3.8) is 0 Å². The first-order chi connectivity index (χ1) is 21.7. The minimum absolute atomic E-state index is 0.0667. The predicted octanol–water partition coefficient (Wildman–Crippen LogP) is 4.52. The van der Waals surface area contributed by atoms with Gasteiger partial charge in [-0.3, -0.25) is 19.4 Å². The van der Waals surface area contributed by atoms with E-state index in [2.05, 4.69) is 21.8 Å². The minimum atomic E-state index is -0.755. The Kier molecular flexibility index (Phi) is 15.0. The second-order valence-electron chi connectivity index (χ2n) is 12.0. The lowest BCUT2D eigenvalue weighted by molar-refractivity contribution is -0.136. The smallest absolute Gasteiger partial charge is 0.255 e. The molecule has 10 heteroatoms. The number of nitrogens with one attached hydrogen (secondary N) is 1. The molecule has 3 heterocycles. The van der Waals surface area contributed by atoms with E-state index in [0.29, 0.717) is 44.9 Å². The van der Waals surface area contributed by atoms with Gasteiger partial charge in [-0.25, -0.2) is 0 Å². The van der Waals surface area contributed by atoms with E-state index in [-0.39, 0.29) is 29.2 Å². The highest BCUT2D eigenvalue weighted by molar-refractivity contribution is 5.99. The number of phenolic OH excluding ortho intramolecular Hbond substituents is 1. The number of aldehydes is 1. The van der Waals surface area contributed by atoms with Crippen LogP contribution in [0, 0.1) is 12.8 Å². The molecule has 0 spiro atoms. The molecule has 3 aliphatic rings. The lowest BCUT2D eigenvalue weighted by Crippen LogP contribution is -2.59. The molecule has 0 radical (unpaired) electrons. The summed E-state index contributed by atoms with van der Waals surface area (Å²) in [4.78, 5) is 45.3. The minimum Gasteiger partial charge on any atom is -0.507 e. The number of pyridine rings is 1. The van der Waals surface area contributed by atoms with Crippen molar-refractivity contribution in [2.75, 3.05) is 39.9 Å². The summed E-state index contributed by atoms with van der Waals surface area (Å²) in [5.74, 6) is -0.194. The monoisotopic (exact) mass is 622 g/mol. The van der Waals surface area contributed by atoms with Crippen molar-refractivity contribution in [1.29, 1.82) is 0 Å². The van der Waals surface area contributed by atoms with E-state index in [4.69, 9.17) is 9.47 Å². The number of hydrogen-bond acceptors (Lipinski definition) is 8. The van der Waals surface area contributed by atoms with Crippen LogP contribution in [-0.2, 0) is 19.1 Å². The van der Waals surface area contributed by atoms with Gasteiger partial charge in [0.05, 0.1) is 24.5 Å². The van der Waals surface area contributed by atoms with Gasteiger partial charge in [0.1, 0.15) is 11.8 Å². The Morgan fingerprint density at radius 3 is 2.40 bits per heavy atom. The Morgan fingerprint density at radius 1 is 1.16 bits per heavy atom. The first-order valence-corrected chi connectivity index (χ1v) is 16.0. The van der Waals surface area contributed by atoms with Gasteiger partial charge >= 0.3 is 0 Å². The van der Waals surface area contributed by atoms with Crippen LogP contribution >= 0.6 is 0 Å². The average molecular weight is 623 g/mol. The second kappa shape index (κ2) is 18.9. The van der Waals surface area contributed by atoms with Crippen LogP contribution in [0.5, 0.6) is 5.75 Å². The van der Waals surface area contributed by atoms with Crippen molar-refractivity contribution in [3.8, 4) is 5.75 Å². The molecule has 2 aromatic rings. The number of rotatable bonds is 10. The fourth-order valence-corrected chi connectivity index (χ4v) is 4.87. The zero-order valence-corrected chi connectivity index (χ0v) is 27.0. The van der Waals surface area contributed by atoms with Gasteiger partial charge in [-0.05, 0) is 64.0 Å². The lowest BCUT2D eigenvalue weighted by Gasteiger charge is -2.38. The van der Waals surface area contributed by atoms with Crippen LogP contribution in [-0.4, -0.2) is 96.1 Å². The van der Waals surface area contributed by atoms with Gasteiger partial charge < -0.3 is 29.7 Å². The molecule has 2 aliphatic heterocycles. The number of likely N-dealkylation sites (N-methyl/N-ethyl adjacent to an activating group) is 1. The molecule has 2 amide bonds. The number of amides is 2. The molecule has 3 atom stereocenters. The van der Waals surface area contributed by atoms with E-state index in [9.17, 15) is 19.5 Å². The van der Waals surface area contributed by atoms with Gasteiger partial charge in [-0.2, -0.15) is 0 Å². The Hall–Kier alpha value is -3.76. The third-order valence-corrected chi connectivity index (χ3v) is 8.39. The molecule has 3 fully saturated rings. The normalized spacial score (nSPS) is 20.7. The molecule has 3 unspecified atom stereocenters. The maximum Gasteiger partial charge on any atom is 0.255 e. The first-order valence-electron chi connectivity index (χ1n) is 16.0. The van der Waals surface area contributed by atoms with Crippen molar-refractivity contribution >= 4 is 18.1 Å². The molecule has 5 rings (SSSR count). The van der Waals surface area contributed by atoms with Gasteiger partial charge in [0.15, 0.2) is 12.4 Å². The number of aryl methyl sites for hydroxylation is 1. The van der Waals surface area contributed by atoms with Crippen LogP contribution in [0.15, 0.2) is 61.1 Å². The van der Waals surface area contributed by atoms with Crippen molar-refractivity contribution in [3.05, 3.63) is 72.3 Å². The maximum atomic E-state index is 13.4. The van der Waals surface area contributed by atoms with E-state index in [1.165, 1.54) is 43.4 Å². The van der Waals surface area contributed by atoms with Crippen molar-refractivity contribution in [2.45, 2.75) is 77.0 Å². The van der Waals surface area contributed by atoms with Crippen LogP contribution < -0.4 is 5.32 Å². The fourth-order valence-electron chi connectivity index (χ4n) is 4.87. The van der Waals surface area contributed by atoms with E-state index in [1.807, 2.05) is 39.2 Å². The summed E-state index contributed by atoms with van der Waals surface area (Å²) in [5.41, 5.74) is 1.34. The second-order valence-corrected chi connectivity index (χ2v) is 12.0. The molecular formula is C35H50N4O6. The Labute approximate surface area is 267 Å². The van der Waals surface area contributed by atoms with Gasteiger partial charge in [0, 0.05) is 43.9 Å². The molecule has 1 aromatic carbocycles. The number of phenols is 1. The molecule has 45 heavy (non-hydrogen) atoms. The summed E-state index contributed by atoms with van der Waals surface area (Å²) in [6, 6.07) is 9.24. The molecule has 1 aromatic heterocycles. The number of carbonyl (C=O) groups is 3. The van der Waals surface area contributed by atoms with E-state index < -0.39 is 18.1 Å². The number of ether oxygens (including phenoxy) is 2. The number of aromatic hydroxyl groups is 1. The number of hydrogen-bond donors (Lipinski definition) is 2. The first kappa shape index (κ1) is 35.7. The van der Waals surface area contributed by atoms with Crippen molar-refractivity contribution in [2.24, 2.45) is 5.92 Å². The van der Waals surface area contributed by atoms with E-state index >= 15 is 0 Å². The zero-order valence-electron chi connectivity index (χ0n) is 27.0. The number of benzene rings is 1. The van der Waals surface area contributed by atoms with E-state index in [0.717, 1.165) is 19.3 Å². The summed E-state index contributed by atoms with van der Waals surface area (Å²) in [5, 5.41) is 12.9. The largest absolute Gasteiger partial charge is 0.507 e. The van der Waals surface area contributed by atoms with Crippen molar-refractivity contribution in [1.82, 2.24) is 20.1 Å². The number of para-hydroxylation sites is 1. The third kappa shape index (κ3) is 11.6. The lowest BCUT2D eigenvalue weighted by atomic mass is 10.0. The summed E-state index contributed by atoms with van der Waals surface area (Å²) in [6.45, 7) is 10.7.